The average molecular weight is 267 g/mol. The first-order chi connectivity index (χ1) is 8.08. The fourth-order valence-corrected chi connectivity index (χ4v) is 2.86. The minimum atomic E-state index is 0.487. The van der Waals surface area contributed by atoms with Crippen molar-refractivity contribution in [2.24, 2.45) is 0 Å². The van der Waals surface area contributed by atoms with Crippen molar-refractivity contribution < 1.29 is 0 Å². The SMILES string of the molecule is Cc1csc(CCn2c(C(C)C)c[nH]c2=S)n1. The Kier molecular flexibility index (Phi) is 3.79. The van der Waals surface area contributed by atoms with Crippen LogP contribution in [0.2, 0.25) is 0 Å². The second-order valence-electron chi connectivity index (χ2n) is 4.46. The highest BCUT2D eigenvalue weighted by Crippen LogP contribution is 2.16. The van der Waals surface area contributed by atoms with Gasteiger partial charge in [-0.25, -0.2) is 4.98 Å². The molecule has 0 aliphatic heterocycles. The van der Waals surface area contributed by atoms with Crippen LogP contribution in [-0.4, -0.2) is 14.5 Å². The summed E-state index contributed by atoms with van der Waals surface area (Å²) in [7, 11) is 0. The van der Waals surface area contributed by atoms with Crippen LogP contribution in [0.1, 0.15) is 36.2 Å². The maximum Gasteiger partial charge on any atom is 0.177 e. The number of imidazole rings is 1. The van der Waals surface area contributed by atoms with Crippen LogP contribution >= 0.6 is 23.6 Å². The van der Waals surface area contributed by atoms with E-state index in [-0.39, 0.29) is 0 Å². The number of H-pyrrole nitrogens is 1. The predicted octanol–water partition coefficient (Wildman–Crippen LogP) is 3.68. The van der Waals surface area contributed by atoms with Crippen LogP contribution in [0.4, 0.5) is 0 Å². The first-order valence-electron chi connectivity index (χ1n) is 5.77. The topological polar surface area (TPSA) is 33.6 Å². The zero-order chi connectivity index (χ0) is 12.4. The molecule has 0 aliphatic carbocycles. The van der Waals surface area contributed by atoms with Crippen molar-refractivity contribution in [3.8, 4) is 0 Å². The lowest BCUT2D eigenvalue weighted by molar-refractivity contribution is 0.625. The van der Waals surface area contributed by atoms with Crippen LogP contribution < -0.4 is 0 Å². The summed E-state index contributed by atoms with van der Waals surface area (Å²) in [5, 5.41) is 3.27. The molecule has 2 heterocycles. The van der Waals surface area contributed by atoms with Gasteiger partial charge in [0.25, 0.3) is 0 Å². The molecule has 2 aromatic rings. The van der Waals surface area contributed by atoms with E-state index in [0.717, 1.165) is 23.4 Å². The smallest absolute Gasteiger partial charge is 0.177 e. The molecule has 0 aromatic carbocycles. The molecule has 0 fully saturated rings. The molecular formula is C12H17N3S2. The fourth-order valence-electron chi connectivity index (χ4n) is 1.84. The van der Waals surface area contributed by atoms with Crippen LogP contribution in [-0.2, 0) is 13.0 Å². The second kappa shape index (κ2) is 5.14. The number of rotatable bonds is 4. The van der Waals surface area contributed by atoms with Crippen LogP contribution in [0.25, 0.3) is 0 Å². The molecular weight excluding hydrogens is 250 g/mol. The number of aryl methyl sites for hydroxylation is 2. The van der Waals surface area contributed by atoms with Gasteiger partial charge >= 0.3 is 0 Å². The van der Waals surface area contributed by atoms with E-state index in [0.29, 0.717) is 5.92 Å². The van der Waals surface area contributed by atoms with Crippen LogP contribution in [0, 0.1) is 11.7 Å². The highest BCUT2D eigenvalue weighted by atomic mass is 32.1. The molecule has 0 aliphatic rings. The number of hydrogen-bond acceptors (Lipinski definition) is 3. The van der Waals surface area contributed by atoms with Gasteiger partial charge in [-0.2, -0.15) is 0 Å². The van der Waals surface area contributed by atoms with Gasteiger partial charge in [-0.15, -0.1) is 11.3 Å². The standard InChI is InChI=1S/C12H17N3S2/c1-8(2)10-6-13-12(16)15(10)5-4-11-14-9(3)7-17-11/h6-8H,4-5H2,1-3H3,(H,13,16). The van der Waals surface area contributed by atoms with Crippen molar-refractivity contribution in [1.29, 1.82) is 0 Å². The van der Waals surface area contributed by atoms with E-state index in [2.05, 4.69) is 33.8 Å². The number of thiazole rings is 1. The Morgan fingerprint density at radius 3 is 2.88 bits per heavy atom. The highest BCUT2D eigenvalue weighted by molar-refractivity contribution is 7.71. The Hall–Kier alpha value is -0.940. The van der Waals surface area contributed by atoms with E-state index >= 15 is 0 Å². The molecule has 5 heteroatoms. The normalized spacial score (nSPS) is 11.3. The minimum absolute atomic E-state index is 0.487. The Labute approximate surface area is 111 Å². The maximum atomic E-state index is 5.30. The second-order valence-corrected chi connectivity index (χ2v) is 5.79. The lowest BCUT2D eigenvalue weighted by atomic mass is 10.1. The van der Waals surface area contributed by atoms with Crippen molar-refractivity contribution >= 4 is 23.6 Å². The Balaban J connectivity index is 2.13. The molecule has 2 rings (SSSR count). The number of aromatic amines is 1. The molecule has 0 spiro atoms. The largest absolute Gasteiger partial charge is 0.337 e. The molecule has 92 valence electrons. The van der Waals surface area contributed by atoms with Gasteiger partial charge in [0.05, 0.1) is 5.01 Å². The summed E-state index contributed by atoms with van der Waals surface area (Å²) in [4.78, 5) is 7.60. The third-order valence-electron chi connectivity index (χ3n) is 2.71. The van der Waals surface area contributed by atoms with Crippen molar-refractivity contribution in [2.45, 2.75) is 39.7 Å². The summed E-state index contributed by atoms with van der Waals surface area (Å²) in [6, 6.07) is 0. The molecule has 2 aromatic heterocycles. The first kappa shape index (κ1) is 12.5. The molecule has 17 heavy (non-hydrogen) atoms. The molecule has 0 radical (unpaired) electrons. The quantitative estimate of drug-likeness (QED) is 0.857. The monoisotopic (exact) mass is 267 g/mol. The summed E-state index contributed by atoms with van der Waals surface area (Å²) in [6.07, 6.45) is 2.96. The van der Waals surface area contributed by atoms with Gasteiger partial charge in [0.15, 0.2) is 4.77 Å². The van der Waals surface area contributed by atoms with Crippen molar-refractivity contribution in [3.63, 3.8) is 0 Å². The zero-order valence-electron chi connectivity index (χ0n) is 10.4. The fraction of sp³-hybridized carbons (Fsp3) is 0.500. The van der Waals surface area contributed by atoms with E-state index < -0.39 is 0 Å². The molecule has 0 atom stereocenters. The third kappa shape index (κ3) is 2.84. The number of nitrogens with one attached hydrogen (secondary N) is 1. The number of hydrogen-bond donors (Lipinski definition) is 1. The highest BCUT2D eigenvalue weighted by Gasteiger charge is 2.08. The van der Waals surface area contributed by atoms with Crippen LogP contribution in [0.3, 0.4) is 0 Å². The van der Waals surface area contributed by atoms with Gasteiger partial charge in [-0.05, 0) is 25.1 Å². The molecule has 1 N–H and O–H groups in total. The Bertz CT molecular complexity index is 548. The van der Waals surface area contributed by atoms with Crippen LogP contribution in [0.5, 0.6) is 0 Å². The minimum Gasteiger partial charge on any atom is -0.337 e. The van der Waals surface area contributed by atoms with Gasteiger partial charge in [-0.1, -0.05) is 13.8 Å². The summed E-state index contributed by atoms with van der Waals surface area (Å²) in [5.41, 5.74) is 2.37. The van der Waals surface area contributed by atoms with E-state index in [9.17, 15) is 0 Å². The molecule has 0 saturated heterocycles. The summed E-state index contributed by atoms with van der Waals surface area (Å²) >= 11 is 7.03. The number of aromatic nitrogens is 3. The van der Waals surface area contributed by atoms with Crippen molar-refractivity contribution in [2.75, 3.05) is 0 Å². The molecule has 0 amide bonds. The van der Waals surface area contributed by atoms with Gasteiger partial charge in [0.2, 0.25) is 0 Å². The van der Waals surface area contributed by atoms with Crippen LogP contribution in [0.15, 0.2) is 11.6 Å². The molecule has 3 nitrogen and oxygen atoms in total. The molecule has 0 unspecified atom stereocenters. The van der Waals surface area contributed by atoms with E-state index in [1.165, 1.54) is 10.7 Å². The Morgan fingerprint density at radius 1 is 1.53 bits per heavy atom. The molecule has 0 saturated carbocycles. The van der Waals surface area contributed by atoms with E-state index in [4.69, 9.17) is 12.2 Å². The molecule has 0 bridgehead atoms. The van der Waals surface area contributed by atoms with E-state index in [1.54, 1.807) is 11.3 Å². The Morgan fingerprint density at radius 2 is 2.29 bits per heavy atom. The summed E-state index contributed by atoms with van der Waals surface area (Å²) in [5.74, 6) is 0.487. The van der Waals surface area contributed by atoms with Gasteiger partial charge in [0, 0.05) is 35.9 Å². The zero-order valence-corrected chi connectivity index (χ0v) is 12.0. The first-order valence-corrected chi connectivity index (χ1v) is 7.06. The van der Waals surface area contributed by atoms with E-state index in [1.807, 2.05) is 13.1 Å². The van der Waals surface area contributed by atoms with Crippen molar-refractivity contribution in [3.05, 3.63) is 32.7 Å². The predicted molar refractivity (Wildman–Crippen MR) is 74.3 cm³/mol. The van der Waals surface area contributed by atoms with Gasteiger partial charge in [0.1, 0.15) is 0 Å². The van der Waals surface area contributed by atoms with Gasteiger partial charge in [-0.3, -0.25) is 0 Å². The lowest BCUT2D eigenvalue weighted by Crippen LogP contribution is -2.06. The summed E-state index contributed by atoms with van der Waals surface area (Å²) < 4.78 is 2.98. The third-order valence-corrected chi connectivity index (χ3v) is 4.07. The van der Waals surface area contributed by atoms with Gasteiger partial charge < -0.3 is 9.55 Å². The number of nitrogens with zero attached hydrogens (tertiary/aromatic N) is 2. The van der Waals surface area contributed by atoms with Crippen molar-refractivity contribution in [1.82, 2.24) is 14.5 Å². The maximum absolute atomic E-state index is 5.30. The average Bonchev–Trinajstić information content (AvgIpc) is 2.82. The lowest BCUT2D eigenvalue weighted by Gasteiger charge is -2.09. The summed E-state index contributed by atoms with van der Waals surface area (Å²) in [6.45, 7) is 7.30.